The molecule has 1 aliphatic heterocycles. The average Bonchev–Trinajstić information content (AvgIpc) is 2.41. The molecule has 3 N–H and O–H groups in total. The number of fused-ring (bicyclic) bond motifs is 1. The molecule has 1 aromatic carbocycles. The summed E-state index contributed by atoms with van der Waals surface area (Å²) in [7, 11) is 0. The van der Waals surface area contributed by atoms with Gasteiger partial charge in [0.2, 0.25) is 0 Å². The summed E-state index contributed by atoms with van der Waals surface area (Å²) in [4.78, 5) is 4.33. The lowest BCUT2D eigenvalue weighted by molar-refractivity contribution is 0.0497. The number of hydrogen-bond acceptors (Lipinski definition) is 5. The number of morpholine rings is 1. The van der Waals surface area contributed by atoms with E-state index in [2.05, 4.69) is 15.4 Å². The number of pyridine rings is 1. The first-order valence-corrected chi connectivity index (χ1v) is 6.07. The van der Waals surface area contributed by atoms with E-state index in [0.717, 1.165) is 42.9 Å². The van der Waals surface area contributed by atoms with Crippen LogP contribution in [0.25, 0.3) is 10.9 Å². The zero-order chi connectivity index (χ0) is 12.4. The molecule has 2 heterocycles. The molecule has 0 bridgehead atoms. The number of para-hydroxylation sites is 1. The van der Waals surface area contributed by atoms with Gasteiger partial charge in [-0.2, -0.15) is 0 Å². The van der Waals surface area contributed by atoms with E-state index in [1.54, 1.807) is 6.20 Å². The molecule has 0 amide bonds. The van der Waals surface area contributed by atoms with Crippen LogP contribution in [0.15, 0.2) is 30.5 Å². The molecule has 2 aromatic rings. The van der Waals surface area contributed by atoms with Crippen LogP contribution in [0.4, 0.5) is 11.4 Å². The van der Waals surface area contributed by atoms with Crippen molar-refractivity contribution in [2.75, 3.05) is 37.5 Å². The zero-order valence-corrected chi connectivity index (χ0v) is 10.1. The van der Waals surface area contributed by atoms with Gasteiger partial charge in [-0.05, 0) is 12.1 Å². The molecule has 1 aliphatic rings. The molecule has 0 saturated carbocycles. The molecular formula is C13H16N4O. The van der Waals surface area contributed by atoms with Crippen LogP contribution in [0.5, 0.6) is 0 Å². The number of nitrogens with two attached hydrogens (primary N) is 1. The molecule has 0 atom stereocenters. The fourth-order valence-electron chi connectivity index (χ4n) is 2.14. The highest BCUT2D eigenvalue weighted by atomic mass is 16.5. The number of anilines is 2. The number of nitrogen functional groups attached to an aromatic ring is 1. The molecule has 1 saturated heterocycles. The minimum Gasteiger partial charge on any atom is -0.397 e. The van der Waals surface area contributed by atoms with Crippen molar-refractivity contribution in [3.8, 4) is 0 Å². The highest BCUT2D eigenvalue weighted by Crippen LogP contribution is 2.25. The first-order valence-electron chi connectivity index (χ1n) is 6.07. The topological polar surface area (TPSA) is 63.4 Å². The van der Waals surface area contributed by atoms with Crippen molar-refractivity contribution in [1.29, 1.82) is 0 Å². The minimum absolute atomic E-state index is 0.707. The number of nitrogens with zero attached hydrogens (tertiary/aromatic N) is 2. The molecule has 3 rings (SSSR count). The van der Waals surface area contributed by atoms with Crippen molar-refractivity contribution < 1.29 is 4.74 Å². The van der Waals surface area contributed by atoms with Gasteiger partial charge in [-0.15, -0.1) is 0 Å². The summed E-state index contributed by atoms with van der Waals surface area (Å²) in [5.41, 5.74) is 11.9. The van der Waals surface area contributed by atoms with E-state index in [4.69, 9.17) is 10.5 Å². The summed E-state index contributed by atoms with van der Waals surface area (Å²) in [6, 6.07) is 7.82. The van der Waals surface area contributed by atoms with Crippen molar-refractivity contribution in [1.82, 2.24) is 9.99 Å². The Morgan fingerprint density at radius 2 is 2.06 bits per heavy atom. The van der Waals surface area contributed by atoms with Crippen molar-refractivity contribution in [3.05, 3.63) is 30.5 Å². The van der Waals surface area contributed by atoms with E-state index in [1.165, 1.54) is 0 Å². The molecule has 18 heavy (non-hydrogen) atoms. The van der Waals surface area contributed by atoms with Crippen LogP contribution >= 0.6 is 0 Å². The third-order valence-electron chi connectivity index (χ3n) is 3.09. The highest BCUT2D eigenvalue weighted by Gasteiger charge is 2.11. The number of hydrazine groups is 1. The van der Waals surface area contributed by atoms with Crippen molar-refractivity contribution in [3.63, 3.8) is 0 Å². The molecule has 1 aromatic heterocycles. The Bertz CT molecular complexity index is 552. The van der Waals surface area contributed by atoms with E-state index in [9.17, 15) is 0 Å². The van der Waals surface area contributed by atoms with Crippen LogP contribution in [0, 0.1) is 0 Å². The van der Waals surface area contributed by atoms with Gasteiger partial charge in [-0.25, -0.2) is 5.01 Å². The lowest BCUT2D eigenvalue weighted by Crippen LogP contribution is -2.40. The number of aromatic nitrogens is 1. The Kier molecular flexibility index (Phi) is 3.00. The molecule has 0 aliphatic carbocycles. The number of hydrogen-bond donors (Lipinski definition) is 2. The van der Waals surface area contributed by atoms with Crippen molar-refractivity contribution >= 4 is 22.3 Å². The Balaban J connectivity index is 1.93. The molecule has 0 radical (unpaired) electrons. The minimum atomic E-state index is 0.707. The van der Waals surface area contributed by atoms with Crippen LogP contribution in [0.3, 0.4) is 0 Å². The zero-order valence-electron chi connectivity index (χ0n) is 10.1. The fourth-order valence-corrected chi connectivity index (χ4v) is 2.14. The lowest BCUT2D eigenvalue weighted by atomic mass is 10.1. The van der Waals surface area contributed by atoms with Crippen LogP contribution < -0.4 is 11.2 Å². The molecule has 1 fully saturated rings. The van der Waals surface area contributed by atoms with Gasteiger partial charge < -0.3 is 15.9 Å². The predicted octanol–water partition coefficient (Wildman–Crippen LogP) is 1.48. The molecule has 0 spiro atoms. The Morgan fingerprint density at radius 1 is 1.22 bits per heavy atom. The maximum absolute atomic E-state index is 5.93. The van der Waals surface area contributed by atoms with Gasteiger partial charge in [0.25, 0.3) is 0 Å². The van der Waals surface area contributed by atoms with Gasteiger partial charge >= 0.3 is 0 Å². The maximum atomic E-state index is 5.93. The molecule has 0 unspecified atom stereocenters. The highest BCUT2D eigenvalue weighted by molar-refractivity contribution is 5.97. The Labute approximate surface area is 106 Å². The Morgan fingerprint density at radius 3 is 2.89 bits per heavy atom. The Hall–Kier alpha value is -1.85. The standard InChI is InChI=1S/C13H16N4O/c14-11-3-1-2-10-12(4-5-15-13(10)11)16-17-6-8-18-9-7-17/h1-5H,6-9,14H2,(H,15,16). The van der Waals surface area contributed by atoms with Gasteiger partial charge in [-0.1, -0.05) is 12.1 Å². The summed E-state index contributed by atoms with van der Waals surface area (Å²) in [5.74, 6) is 0. The molecular weight excluding hydrogens is 228 g/mol. The second-order valence-electron chi connectivity index (χ2n) is 4.31. The molecule has 5 heteroatoms. The van der Waals surface area contributed by atoms with Gasteiger partial charge in [0, 0.05) is 24.7 Å². The van der Waals surface area contributed by atoms with E-state index in [0.29, 0.717) is 5.69 Å². The predicted molar refractivity (Wildman–Crippen MR) is 72.2 cm³/mol. The van der Waals surface area contributed by atoms with Crippen LogP contribution in [0.2, 0.25) is 0 Å². The second-order valence-corrected chi connectivity index (χ2v) is 4.31. The SMILES string of the molecule is Nc1cccc2c(NN3CCOCC3)ccnc12. The largest absolute Gasteiger partial charge is 0.397 e. The maximum Gasteiger partial charge on any atom is 0.0952 e. The van der Waals surface area contributed by atoms with Crippen molar-refractivity contribution in [2.24, 2.45) is 0 Å². The van der Waals surface area contributed by atoms with E-state index < -0.39 is 0 Å². The summed E-state index contributed by atoms with van der Waals surface area (Å²) >= 11 is 0. The van der Waals surface area contributed by atoms with E-state index in [-0.39, 0.29) is 0 Å². The first-order chi connectivity index (χ1) is 8.84. The van der Waals surface area contributed by atoms with Gasteiger partial charge in [0.1, 0.15) is 0 Å². The molecule has 94 valence electrons. The van der Waals surface area contributed by atoms with Gasteiger partial charge in [-0.3, -0.25) is 4.98 Å². The van der Waals surface area contributed by atoms with Gasteiger partial charge in [0.15, 0.2) is 0 Å². The summed E-state index contributed by atoms with van der Waals surface area (Å²) in [6.07, 6.45) is 1.78. The summed E-state index contributed by atoms with van der Waals surface area (Å²) in [6.45, 7) is 3.29. The normalized spacial score (nSPS) is 16.9. The van der Waals surface area contributed by atoms with Crippen LogP contribution in [0.1, 0.15) is 0 Å². The second kappa shape index (κ2) is 4.80. The number of nitrogens with one attached hydrogen (secondary N) is 1. The van der Waals surface area contributed by atoms with E-state index >= 15 is 0 Å². The number of rotatable bonds is 2. The van der Waals surface area contributed by atoms with Crippen LogP contribution in [-0.4, -0.2) is 36.3 Å². The average molecular weight is 244 g/mol. The van der Waals surface area contributed by atoms with Gasteiger partial charge in [0.05, 0.1) is 30.1 Å². The quantitative estimate of drug-likeness (QED) is 0.783. The monoisotopic (exact) mass is 244 g/mol. The van der Waals surface area contributed by atoms with Crippen LogP contribution in [-0.2, 0) is 4.74 Å². The summed E-state index contributed by atoms with van der Waals surface area (Å²) < 4.78 is 5.33. The van der Waals surface area contributed by atoms with E-state index in [1.807, 2.05) is 24.3 Å². The van der Waals surface area contributed by atoms with Crippen molar-refractivity contribution in [2.45, 2.75) is 0 Å². The molecule has 5 nitrogen and oxygen atoms in total. The third-order valence-corrected chi connectivity index (χ3v) is 3.09. The number of ether oxygens (including phenoxy) is 1. The smallest absolute Gasteiger partial charge is 0.0952 e. The third kappa shape index (κ3) is 2.10. The number of benzene rings is 1. The summed E-state index contributed by atoms with van der Waals surface area (Å²) in [5, 5.41) is 3.20. The lowest BCUT2D eigenvalue weighted by Gasteiger charge is -2.28. The first kappa shape index (κ1) is 11.3. The fraction of sp³-hybridized carbons (Fsp3) is 0.308.